The summed E-state index contributed by atoms with van der Waals surface area (Å²) >= 11 is 0. The molecule has 0 radical (unpaired) electrons. The van der Waals surface area contributed by atoms with Crippen LogP contribution in [0, 0.1) is 5.92 Å². The molecule has 5 atom stereocenters. The minimum atomic E-state index is -4.94. The van der Waals surface area contributed by atoms with Crippen LogP contribution in [-0.4, -0.2) is 96.7 Å². The molecular formula is C62H120O17P2. The van der Waals surface area contributed by atoms with Crippen molar-refractivity contribution >= 4 is 39.5 Å². The van der Waals surface area contributed by atoms with Gasteiger partial charge in [-0.1, -0.05) is 259 Å². The number of phosphoric acid groups is 2. The molecule has 0 aromatic rings. The molecule has 0 aliphatic heterocycles. The van der Waals surface area contributed by atoms with E-state index in [-0.39, 0.29) is 25.7 Å². The highest BCUT2D eigenvalue weighted by Crippen LogP contribution is 2.45. The van der Waals surface area contributed by atoms with Crippen LogP contribution < -0.4 is 0 Å². The first kappa shape index (κ1) is 79.1. The van der Waals surface area contributed by atoms with Gasteiger partial charge in [-0.3, -0.25) is 37.3 Å². The van der Waals surface area contributed by atoms with Crippen molar-refractivity contribution in [3.8, 4) is 0 Å². The van der Waals surface area contributed by atoms with Gasteiger partial charge < -0.3 is 33.8 Å². The number of carbonyl (C=O) groups excluding carboxylic acids is 4. The molecule has 0 rings (SSSR count). The van der Waals surface area contributed by atoms with Gasteiger partial charge in [0.2, 0.25) is 0 Å². The van der Waals surface area contributed by atoms with E-state index in [9.17, 15) is 43.2 Å². The first-order valence-corrected chi connectivity index (χ1v) is 35.6. The van der Waals surface area contributed by atoms with E-state index < -0.39 is 97.5 Å². The van der Waals surface area contributed by atoms with Crippen molar-refractivity contribution in [2.75, 3.05) is 39.6 Å². The number of aliphatic hydroxyl groups is 1. The maximum absolute atomic E-state index is 13.0. The molecule has 81 heavy (non-hydrogen) atoms. The van der Waals surface area contributed by atoms with Gasteiger partial charge in [0.15, 0.2) is 12.2 Å². The fourth-order valence-electron chi connectivity index (χ4n) is 9.23. The molecule has 0 amide bonds. The number of hydrogen-bond donors (Lipinski definition) is 3. The Morgan fingerprint density at radius 2 is 0.568 bits per heavy atom. The average Bonchev–Trinajstić information content (AvgIpc) is 3.44. The van der Waals surface area contributed by atoms with Gasteiger partial charge in [0.1, 0.15) is 19.3 Å². The fourth-order valence-corrected chi connectivity index (χ4v) is 10.8. The Morgan fingerprint density at radius 1 is 0.333 bits per heavy atom. The molecule has 0 aliphatic rings. The lowest BCUT2D eigenvalue weighted by Gasteiger charge is -2.21. The highest BCUT2D eigenvalue weighted by Gasteiger charge is 2.30. The minimum Gasteiger partial charge on any atom is -0.462 e. The smallest absolute Gasteiger partial charge is 0.462 e. The Hall–Kier alpha value is -1.94. The van der Waals surface area contributed by atoms with Crippen LogP contribution in [0.15, 0.2) is 0 Å². The fraction of sp³-hybridized carbons (Fsp3) is 0.935. The normalized spacial score (nSPS) is 14.3. The van der Waals surface area contributed by atoms with Gasteiger partial charge in [0, 0.05) is 25.7 Å². The second-order valence-electron chi connectivity index (χ2n) is 22.9. The second-order valence-corrected chi connectivity index (χ2v) is 25.8. The third-order valence-electron chi connectivity index (χ3n) is 14.3. The maximum Gasteiger partial charge on any atom is 0.472 e. The third kappa shape index (κ3) is 56.9. The number of ether oxygens (including phenoxy) is 4. The largest absolute Gasteiger partial charge is 0.472 e. The number of aliphatic hydroxyl groups excluding tert-OH is 1. The zero-order valence-corrected chi connectivity index (χ0v) is 53.7. The van der Waals surface area contributed by atoms with Gasteiger partial charge >= 0.3 is 39.5 Å². The van der Waals surface area contributed by atoms with E-state index in [0.29, 0.717) is 25.7 Å². The molecule has 19 heteroatoms. The van der Waals surface area contributed by atoms with E-state index in [1.165, 1.54) is 122 Å². The molecular weight excluding hydrogens is 1080 g/mol. The summed E-state index contributed by atoms with van der Waals surface area (Å²) in [6.07, 6.45) is 39.0. The molecule has 0 fully saturated rings. The SMILES string of the molecule is CCCCCCCCCCCCCC(=O)OC[C@H](COP(=O)(O)OC[C@@H](O)COP(=O)(O)OC[C@@H](COC(=O)CCCCCCCCC)OC(=O)CCCCCCCCCCC)OC(=O)CCCCCCCCCCCCCC(C)C. The van der Waals surface area contributed by atoms with Gasteiger partial charge in [-0.2, -0.15) is 0 Å². The molecule has 480 valence electrons. The molecule has 0 bridgehead atoms. The van der Waals surface area contributed by atoms with E-state index >= 15 is 0 Å². The van der Waals surface area contributed by atoms with Gasteiger partial charge in [0.25, 0.3) is 0 Å². The summed E-state index contributed by atoms with van der Waals surface area (Å²) in [7, 11) is -9.87. The van der Waals surface area contributed by atoms with Gasteiger partial charge in [-0.15, -0.1) is 0 Å². The second kappa shape index (κ2) is 55.9. The Balaban J connectivity index is 5.21. The lowest BCUT2D eigenvalue weighted by atomic mass is 10.0. The van der Waals surface area contributed by atoms with Crippen molar-refractivity contribution in [3.63, 3.8) is 0 Å². The van der Waals surface area contributed by atoms with Crippen molar-refractivity contribution in [1.29, 1.82) is 0 Å². The number of rotatable bonds is 62. The molecule has 0 aliphatic carbocycles. The standard InChI is InChI=1S/C62H120O17P2/c1-6-9-12-15-18-20-22-27-31-36-41-46-60(65)73-52-58(79-62(67)48-43-38-33-28-24-21-23-26-30-34-39-44-55(4)5)54-77-81(70,71)75-50-56(63)49-74-80(68,69)76-53-57(51-72-59(64)45-40-35-29-17-14-11-8-3)78-61(66)47-42-37-32-25-19-16-13-10-7-2/h55-58,63H,6-54H2,1-5H3,(H,68,69)(H,70,71)/t56-,57+,58+/m0/s1. The van der Waals surface area contributed by atoms with Crippen LogP contribution >= 0.6 is 15.6 Å². The monoisotopic (exact) mass is 1200 g/mol. The molecule has 0 aromatic heterocycles. The molecule has 0 saturated heterocycles. The van der Waals surface area contributed by atoms with Crippen LogP contribution in [0.2, 0.25) is 0 Å². The Labute approximate surface area is 492 Å². The predicted octanol–water partition coefficient (Wildman–Crippen LogP) is 17.0. The number of esters is 4. The van der Waals surface area contributed by atoms with Crippen molar-refractivity contribution in [1.82, 2.24) is 0 Å². The van der Waals surface area contributed by atoms with Crippen LogP contribution in [0.4, 0.5) is 0 Å². The molecule has 0 heterocycles. The van der Waals surface area contributed by atoms with E-state index in [1.807, 2.05) is 0 Å². The van der Waals surface area contributed by atoms with Crippen molar-refractivity contribution in [2.45, 2.75) is 329 Å². The number of unbranched alkanes of at least 4 members (excludes halogenated alkanes) is 34. The van der Waals surface area contributed by atoms with Gasteiger partial charge in [-0.05, 0) is 31.6 Å². The van der Waals surface area contributed by atoms with Gasteiger partial charge in [-0.25, -0.2) is 9.13 Å². The third-order valence-corrected chi connectivity index (χ3v) is 16.2. The Kier molecular flexibility index (Phi) is 54.6. The van der Waals surface area contributed by atoms with Crippen molar-refractivity contribution in [3.05, 3.63) is 0 Å². The first-order chi connectivity index (χ1) is 39.0. The van der Waals surface area contributed by atoms with Crippen LogP contribution in [0.25, 0.3) is 0 Å². The van der Waals surface area contributed by atoms with Crippen LogP contribution in [0.1, 0.15) is 311 Å². The molecule has 3 N–H and O–H groups in total. The summed E-state index contributed by atoms with van der Waals surface area (Å²) in [4.78, 5) is 72.0. The highest BCUT2D eigenvalue weighted by atomic mass is 31.2. The number of hydrogen-bond acceptors (Lipinski definition) is 15. The number of phosphoric ester groups is 2. The summed E-state index contributed by atoms with van der Waals surface area (Å²) in [5, 5.41) is 10.5. The van der Waals surface area contributed by atoms with E-state index in [4.69, 9.17) is 37.0 Å². The van der Waals surface area contributed by atoms with E-state index in [1.54, 1.807) is 0 Å². The highest BCUT2D eigenvalue weighted by molar-refractivity contribution is 7.47. The van der Waals surface area contributed by atoms with E-state index in [0.717, 1.165) is 109 Å². The quantitative estimate of drug-likeness (QED) is 0.0222. The zero-order valence-electron chi connectivity index (χ0n) is 51.9. The molecule has 17 nitrogen and oxygen atoms in total. The van der Waals surface area contributed by atoms with Crippen LogP contribution in [0.5, 0.6) is 0 Å². The first-order valence-electron chi connectivity index (χ1n) is 32.6. The summed E-state index contributed by atoms with van der Waals surface area (Å²) in [6.45, 7) is 7.12. The maximum atomic E-state index is 13.0. The number of carbonyl (C=O) groups is 4. The lowest BCUT2D eigenvalue weighted by molar-refractivity contribution is -0.161. The Bertz CT molecular complexity index is 1580. The van der Waals surface area contributed by atoms with Crippen LogP contribution in [0.3, 0.4) is 0 Å². The minimum absolute atomic E-state index is 0.105. The molecule has 2 unspecified atom stereocenters. The topological polar surface area (TPSA) is 237 Å². The molecule has 0 saturated carbocycles. The lowest BCUT2D eigenvalue weighted by Crippen LogP contribution is -2.30. The zero-order chi connectivity index (χ0) is 59.9. The van der Waals surface area contributed by atoms with Crippen molar-refractivity contribution < 1.29 is 80.2 Å². The summed E-state index contributed by atoms with van der Waals surface area (Å²) in [6, 6.07) is 0. The predicted molar refractivity (Wildman–Crippen MR) is 322 cm³/mol. The summed E-state index contributed by atoms with van der Waals surface area (Å²) in [5.74, 6) is -1.37. The van der Waals surface area contributed by atoms with Crippen molar-refractivity contribution in [2.24, 2.45) is 5.92 Å². The Morgan fingerprint density at radius 3 is 0.840 bits per heavy atom. The summed E-state index contributed by atoms with van der Waals surface area (Å²) in [5.41, 5.74) is 0. The summed E-state index contributed by atoms with van der Waals surface area (Å²) < 4.78 is 67.8. The molecule has 0 aromatic carbocycles. The van der Waals surface area contributed by atoms with Gasteiger partial charge in [0.05, 0.1) is 26.4 Å². The molecule has 0 spiro atoms. The van der Waals surface area contributed by atoms with Crippen LogP contribution in [-0.2, 0) is 65.4 Å². The average molecular weight is 1200 g/mol. The van der Waals surface area contributed by atoms with E-state index in [2.05, 4.69) is 34.6 Å².